The predicted octanol–water partition coefficient (Wildman–Crippen LogP) is 1.77. The van der Waals surface area contributed by atoms with Crippen LogP contribution in [-0.2, 0) is 15.6 Å². The van der Waals surface area contributed by atoms with Crippen LogP contribution in [0.1, 0.15) is 5.56 Å². The summed E-state index contributed by atoms with van der Waals surface area (Å²) in [6.07, 6.45) is 0.644. The Labute approximate surface area is 81.3 Å². The van der Waals surface area contributed by atoms with Crippen molar-refractivity contribution in [2.75, 3.05) is 5.75 Å². The number of hydrogen-bond acceptors (Lipinski definition) is 3. The van der Waals surface area contributed by atoms with Crippen molar-refractivity contribution in [1.82, 2.24) is 0 Å². The molecule has 0 spiro atoms. The molecule has 0 atom stereocenters. The van der Waals surface area contributed by atoms with Crippen molar-refractivity contribution in [1.29, 1.82) is 0 Å². The predicted molar refractivity (Wildman–Crippen MR) is 54.2 cm³/mol. The first-order chi connectivity index (χ1) is 6.08. The van der Waals surface area contributed by atoms with Crippen LogP contribution in [0.3, 0.4) is 0 Å². The largest absolute Gasteiger partial charge is 0.319 e. The fourth-order valence-corrected chi connectivity index (χ4v) is 2.32. The van der Waals surface area contributed by atoms with Crippen molar-refractivity contribution in [2.45, 2.75) is 6.42 Å². The molecule has 0 unspecified atom stereocenters. The Balaban J connectivity index is 2.37. The average Bonchev–Trinajstić information content (AvgIpc) is 2.04. The molecule has 0 aliphatic rings. The van der Waals surface area contributed by atoms with Gasteiger partial charge in [-0.1, -0.05) is 30.3 Å². The van der Waals surface area contributed by atoms with Crippen molar-refractivity contribution in [3.05, 3.63) is 35.9 Å². The molecule has 0 radical (unpaired) electrons. The van der Waals surface area contributed by atoms with Crippen molar-refractivity contribution in [2.24, 2.45) is 0 Å². The Morgan fingerprint density at radius 2 is 1.85 bits per heavy atom. The molecule has 0 fully saturated rings. The molecular weight excluding hydrogens is 208 g/mol. The smallest absolute Gasteiger partial charge is 0.277 e. The highest BCUT2D eigenvalue weighted by molar-refractivity contribution is 8.69. The van der Waals surface area contributed by atoms with Crippen LogP contribution in [0, 0.1) is 0 Å². The molecule has 0 bridgehead atoms. The summed E-state index contributed by atoms with van der Waals surface area (Å²) in [5.41, 5.74) is 1.07. The fourth-order valence-electron chi connectivity index (χ4n) is 0.910. The minimum atomic E-state index is -3.88. The summed E-state index contributed by atoms with van der Waals surface area (Å²) in [7, 11) is -3.32. The van der Waals surface area contributed by atoms with E-state index in [1.54, 1.807) is 0 Å². The van der Waals surface area contributed by atoms with Gasteiger partial charge in [-0.3, -0.25) is 4.55 Å². The first-order valence-corrected chi connectivity index (χ1v) is 6.68. The lowest BCUT2D eigenvalue weighted by molar-refractivity contribution is 0.503. The van der Waals surface area contributed by atoms with Crippen molar-refractivity contribution in [3.63, 3.8) is 0 Å². The van der Waals surface area contributed by atoms with Gasteiger partial charge in [0.25, 0.3) is 0 Å². The zero-order valence-electron chi connectivity index (χ0n) is 6.88. The SMILES string of the molecule is O=S(=O)(O)SCCc1ccccc1. The van der Waals surface area contributed by atoms with Gasteiger partial charge < -0.3 is 0 Å². The van der Waals surface area contributed by atoms with Crippen LogP contribution in [0.25, 0.3) is 0 Å². The number of hydrogen-bond donors (Lipinski definition) is 1. The maximum absolute atomic E-state index is 10.3. The average molecular weight is 218 g/mol. The van der Waals surface area contributed by atoms with Gasteiger partial charge in [-0.25, -0.2) is 0 Å². The van der Waals surface area contributed by atoms with Crippen LogP contribution < -0.4 is 0 Å². The van der Waals surface area contributed by atoms with E-state index in [0.29, 0.717) is 23.0 Å². The Bertz CT molecular complexity index is 345. The third-order valence-corrected chi connectivity index (χ3v) is 3.53. The summed E-state index contributed by atoms with van der Waals surface area (Å²) in [4.78, 5) is 0. The third kappa shape index (κ3) is 4.92. The molecule has 3 nitrogen and oxygen atoms in total. The quantitative estimate of drug-likeness (QED) is 0.618. The third-order valence-electron chi connectivity index (χ3n) is 1.47. The normalized spacial score (nSPS) is 11.5. The molecule has 0 aliphatic carbocycles. The van der Waals surface area contributed by atoms with Gasteiger partial charge in [0, 0.05) is 5.75 Å². The van der Waals surface area contributed by atoms with E-state index < -0.39 is 9.15 Å². The van der Waals surface area contributed by atoms with Gasteiger partial charge in [-0.05, 0) is 22.8 Å². The highest BCUT2D eigenvalue weighted by Gasteiger charge is 2.04. The highest BCUT2D eigenvalue weighted by atomic mass is 33.1. The van der Waals surface area contributed by atoms with E-state index in [9.17, 15) is 8.42 Å². The van der Waals surface area contributed by atoms with Gasteiger partial charge in [0.05, 0.1) is 0 Å². The summed E-state index contributed by atoms with van der Waals surface area (Å²) in [6, 6.07) is 9.54. The molecule has 0 saturated heterocycles. The Kier molecular flexibility index (Phi) is 3.77. The number of rotatable bonds is 4. The summed E-state index contributed by atoms with van der Waals surface area (Å²) in [6.45, 7) is 0. The Morgan fingerprint density at radius 1 is 1.23 bits per heavy atom. The van der Waals surface area contributed by atoms with E-state index in [0.717, 1.165) is 5.56 Å². The second kappa shape index (κ2) is 4.64. The van der Waals surface area contributed by atoms with Crippen LogP contribution in [-0.4, -0.2) is 18.7 Å². The standard InChI is InChI=1S/C8H10O3S2/c9-13(10,11)12-7-6-8-4-2-1-3-5-8/h1-5H,6-7H2,(H,9,10,11). The lowest BCUT2D eigenvalue weighted by atomic mass is 10.2. The summed E-state index contributed by atoms with van der Waals surface area (Å²) in [5.74, 6) is 0.378. The molecule has 1 N–H and O–H groups in total. The molecule has 5 heteroatoms. The van der Waals surface area contributed by atoms with Gasteiger partial charge >= 0.3 is 9.15 Å². The van der Waals surface area contributed by atoms with Crippen molar-refractivity contribution in [3.8, 4) is 0 Å². The van der Waals surface area contributed by atoms with Gasteiger partial charge in [0.2, 0.25) is 0 Å². The zero-order valence-corrected chi connectivity index (χ0v) is 8.51. The van der Waals surface area contributed by atoms with Crippen LogP contribution in [0.2, 0.25) is 0 Å². The van der Waals surface area contributed by atoms with E-state index in [2.05, 4.69) is 0 Å². The first kappa shape index (κ1) is 10.6. The molecule has 13 heavy (non-hydrogen) atoms. The van der Waals surface area contributed by atoms with E-state index in [4.69, 9.17) is 4.55 Å². The van der Waals surface area contributed by atoms with Gasteiger partial charge in [-0.15, -0.1) is 0 Å². The van der Waals surface area contributed by atoms with Crippen molar-refractivity contribution >= 4 is 19.9 Å². The zero-order chi connectivity index (χ0) is 9.73. The van der Waals surface area contributed by atoms with E-state index >= 15 is 0 Å². The van der Waals surface area contributed by atoms with Crippen LogP contribution >= 0.6 is 10.8 Å². The maximum Gasteiger partial charge on any atom is 0.319 e. The molecule has 0 aliphatic heterocycles. The van der Waals surface area contributed by atoms with Crippen LogP contribution in [0.15, 0.2) is 30.3 Å². The molecule has 1 aromatic carbocycles. The first-order valence-electron chi connectivity index (χ1n) is 3.74. The highest BCUT2D eigenvalue weighted by Crippen LogP contribution is 2.11. The molecule has 1 rings (SSSR count). The summed E-state index contributed by atoms with van der Waals surface area (Å²) in [5, 5.41) is 0. The molecule has 0 saturated carbocycles. The Morgan fingerprint density at radius 3 is 2.38 bits per heavy atom. The van der Waals surface area contributed by atoms with Crippen molar-refractivity contribution < 1.29 is 13.0 Å². The molecule has 72 valence electrons. The fraction of sp³-hybridized carbons (Fsp3) is 0.250. The second-order valence-electron chi connectivity index (χ2n) is 2.49. The molecule has 0 heterocycles. The van der Waals surface area contributed by atoms with Gasteiger partial charge in [0.15, 0.2) is 0 Å². The Hall–Kier alpha value is -0.520. The van der Waals surface area contributed by atoms with Crippen LogP contribution in [0.4, 0.5) is 0 Å². The second-order valence-corrected chi connectivity index (χ2v) is 5.96. The van der Waals surface area contributed by atoms with E-state index in [1.807, 2.05) is 30.3 Å². The van der Waals surface area contributed by atoms with Gasteiger partial charge in [0.1, 0.15) is 0 Å². The monoisotopic (exact) mass is 218 g/mol. The van der Waals surface area contributed by atoms with E-state index in [-0.39, 0.29) is 0 Å². The van der Waals surface area contributed by atoms with E-state index in [1.165, 1.54) is 0 Å². The maximum atomic E-state index is 10.3. The van der Waals surface area contributed by atoms with Crippen LogP contribution in [0.5, 0.6) is 0 Å². The lowest BCUT2D eigenvalue weighted by Crippen LogP contribution is -1.94. The topological polar surface area (TPSA) is 54.4 Å². The summed E-state index contributed by atoms with van der Waals surface area (Å²) < 4.78 is 29.1. The lowest BCUT2D eigenvalue weighted by Gasteiger charge is -1.98. The number of benzene rings is 1. The molecular formula is C8H10O3S2. The minimum Gasteiger partial charge on any atom is -0.277 e. The summed E-state index contributed by atoms with van der Waals surface area (Å²) >= 11 is 0. The number of aryl methyl sites for hydroxylation is 1. The molecule has 1 aromatic rings. The minimum absolute atomic E-state index is 0.378. The molecule has 0 amide bonds. The molecule has 0 aromatic heterocycles. The van der Waals surface area contributed by atoms with Gasteiger partial charge in [-0.2, -0.15) is 8.42 Å².